The summed E-state index contributed by atoms with van der Waals surface area (Å²) in [6.07, 6.45) is 9.78. The quantitative estimate of drug-likeness (QED) is 0.762. The number of hydrogen-bond acceptors (Lipinski definition) is 3. The van der Waals surface area contributed by atoms with Gasteiger partial charge in [-0.1, -0.05) is 12.8 Å². The summed E-state index contributed by atoms with van der Waals surface area (Å²) >= 11 is 0. The number of pyridine rings is 1. The maximum atomic E-state index is 11.5. The van der Waals surface area contributed by atoms with Crippen molar-refractivity contribution in [1.82, 2.24) is 4.98 Å². The third-order valence-electron chi connectivity index (χ3n) is 4.69. The molecular formula is C16H22N2O. The Morgan fingerprint density at radius 3 is 2.89 bits per heavy atom. The molecule has 3 nitrogen and oxygen atoms in total. The van der Waals surface area contributed by atoms with E-state index >= 15 is 0 Å². The van der Waals surface area contributed by atoms with E-state index in [2.05, 4.69) is 9.88 Å². The molecule has 3 heteroatoms. The molecule has 3 rings (SSSR count). The highest BCUT2D eigenvalue weighted by Crippen LogP contribution is 2.37. The van der Waals surface area contributed by atoms with E-state index in [1.807, 2.05) is 12.1 Å². The predicted molar refractivity (Wildman–Crippen MR) is 76.6 cm³/mol. The van der Waals surface area contributed by atoms with Crippen molar-refractivity contribution in [2.24, 2.45) is 5.92 Å². The van der Waals surface area contributed by atoms with E-state index in [-0.39, 0.29) is 5.78 Å². The second kappa shape index (κ2) is 5.32. The van der Waals surface area contributed by atoms with Gasteiger partial charge >= 0.3 is 0 Å². The number of piperidine rings is 1. The van der Waals surface area contributed by atoms with Gasteiger partial charge < -0.3 is 4.90 Å². The van der Waals surface area contributed by atoms with Gasteiger partial charge in [-0.2, -0.15) is 0 Å². The smallest absolute Gasteiger partial charge is 0.159 e. The second-order valence-corrected chi connectivity index (χ2v) is 5.91. The van der Waals surface area contributed by atoms with Gasteiger partial charge in [0.2, 0.25) is 0 Å². The minimum atomic E-state index is 0.126. The van der Waals surface area contributed by atoms with E-state index in [0.717, 1.165) is 23.8 Å². The lowest BCUT2D eigenvalue weighted by Gasteiger charge is -2.44. The van der Waals surface area contributed by atoms with E-state index in [1.165, 1.54) is 38.5 Å². The van der Waals surface area contributed by atoms with E-state index in [0.29, 0.717) is 6.04 Å². The van der Waals surface area contributed by atoms with Crippen LogP contribution in [-0.2, 0) is 0 Å². The Morgan fingerprint density at radius 1 is 1.26 bits per heavy atom. The number of anilines is 1. The van der Waals surface area contributed by atoms with Gasteiger partial charge in [0.1, 0.15) is 5.82 Å². The average Bonchev–Trinajstić information content (AvgIpc) is 2.47. The Balaban J connectivity index is 1.87. The SMILES string of the molecule is CC(=O)c1ccnc(N2CCCC3CCCCC32)c1. The zero-order valence-electron chi connectivity index (χ0n) is 11.6. The standard InChI is InChI=1S/C16H22N2O/c1-12(19)14-8-9-17-16(11-14)18-10-4-6-13-5-2-3-7-15(13)18/h8-9,11,13,15H,2-7,10H2,1H3. The van der Waals surface area contributed by atoms with Crippen LogP contribution < -0.4 is 4.90 Å². The van der Waals surface area contributed by atoms with Gasteiger partial charge in [-0.25, -0.2) is 4.98 Å². The van der Waals surface area contributed by atoms with Crippen LogP contribution in [-0.4, -0.2) is 23.4 Å². The van der Waals surface area contributed by atoms with Gasteiger partial charge in [0.05, 0.1) is 0 Å². The second-order valence-electron chi connectivity index (χ2n) is 5.91. The molecule has 0 aromatic carbocycles. The van der Waals surface area contributed by atoms with Crippen molar-refractivity contribution in [3.63, 3.8) is 0 Å². The summed E-state index contributed by atoms with van der Waals surface area (Å²) in [5, 5.41) is 0. The zero-order valence-corrected chi connectivity index (χ0v) is 11.6. The Morgan fingerprint density at radius 2 is 2.05 bits per heavy atom. The number of rotatable bonds is 2. The lowest BCUT2D eigenvalue weighted by Crippen LogP contribution is -2.47. The summed E-state index contributed by atoms with van der Waals surface area (Å²) in [4.78, 5) is 18.5. The molecule has 1 saturated heterocycles. The van der Waals surface area contributed by atoms with Crippen molar-refractivity contribution in [1.29, 1.82) is 0 Å². The van der Waals surface area contributed by atoms with Gasteiger partial charge in [0.15, 0.2) is 5.78 Å². The third-order valence-corrected chi connectivity index (χ3v) is 4.69. The Labute approximate surface area is 115 Å². The van der Waals surface area contributed by atoms with Gasteiger partial charge in [-0.05, 0) is 50.7 Å². The summed E-state index contributed by atoms with van der Waals surface area (Å²) in [6, 6.07) is 4.44. The molecule has 0 spiro atoms. The number of hydrogen-bond donors (Lipinski definition) is 0. The maximum Gasteiger partial charge on any atom is 0.159 e. The van der Waals surface area contributed by atoms with Gasteiger partial charge in [-0.15, -0.1) is 0 Å². The van der Waals surface area contributed by atoms with Crippen LogP contribution in [0.4, 0.5) is 5.82 Å². The van der Waals surface area contributed by atoms with E-state index in [4.69, 9.17) is 0 Å². The minimum absolute atomic E-state index is 0.126. The lowest BCUT2D eigenvalue weighted by atomic mass is 9.78. The molecule has 2 unspecified atom stereocenters. The molecular weight excluding hydrogens is 236 g/mol. The lowest BCUT2D eigenvalue weighted by molar-refractivity contribution is 0.101. The normalized spacial score (nSPS) is 26.9. The van der Waals surface area contributed by atoms with Gasteiger partial charge in [-0.3, -0.25) is 4.79 Å². The number of Topliss-reactive ketones (excluding diaryl/α,β-unsaturated/α-hetero) is 1. The van der Waals surface area contributed by atoms with Crippen LogP contribution in [0.5, 0.6) is 0 Å². The Hall–Kier alpha value is -1.38. The maximum absolute atomic E-state index is 11.5. The molecule has 0 amide bonds. The monoisotopic (exact) mass is 258 g/mol. The molecule has 1 aromatic heterocycles. The first-order valence-electron chi connectivity index (χ1n) is 7.49. The molecule has 0 N–H and O–H groups in total. The Kier molecular flexibility index (Phi) is 3.54. The van der Waals surface area contributed by atoms with Crippen LogP contribution in [0.25, 0.3) is 0 Å². The average molecular weight is 258 g/mol. The molecule has 1 aromatic rings. The highest BCUT2D eigenvalue weighted by molar-refractivity contribution is 5.94. The molecule has 2 fully saturated rings. The topological polar surface area (TPSA) is 33.2 Å². The van der Waals surface area contributed by atoms with Gasteiger partial charge in [0.25, 0.3) is 0 Å². The number of carbonyl (C=O) groups excluding carboxylic acids is 1. The number of ketones is 1. The number of carbonyl (C=O) groups is 1. The molecule has 0 radical (unpaired) electrons. The van der Waals surface area contributed by atoms with Crippen molar-refractivity contribution >= 4 is 11.6 Å². The van der Waals surface area contributed by atoms with Crippen molar-refractivity contribution in [2.45, 2.75) is 51.5 Å². The molecule has 2 heterocycles. The van der Waals surface area contributed by atoms with Crippen LogP contribution >= 0.6 is 0 Å². The van der Waals surface area contributed by atoms with Crippen molar-refractivity contribution in [3.8, 4) is 0 Å². The molecule has 1 aliphatic carbocycles. The molecule has 1 saturated carbocycles. The number of aromatic nitrogens is 1. The molecule has 2 aliphatic rings. The fraction of sp³-hybridized carbons (Fsp3) is 0.625. The van der Waals surface area contributed by atoms with E-state index in [1.54, 1.807) is 13.1 Å². The first-order chi connectivity index (χ1) is 9.25. The van der Waals surface area contributed by atoms with Crippen molar-refractivity contribution in [2.75, 3.05) is 11.4 Å². The fourth-order valence-corrected chi connectivity index (χ4v) is 3.70. The predicted octanol–water partition coefficient (Wildman–Crippen LogP) is 3.44. The number of fused-ring (bicyclic) bond motifs is 1. The van der Waals surface area contributed by atoms with Crippen LogP contribution in [0, 0.1) is 5.92 Å². The number of nitrogens with zero attached hydrogens (tertiary/aromatic N) is 2. The van der Waals surface area contributed by atoms with Crippen molar-refractivity contribution in [3.05, 3.63) is 23.9 Å². The molecule has 19 heavy (non-hydrogen) atoms. The summed E-state index contributed by atoms with van der Waals surface area (Å²) in [5.41, 5.74) is 0.780. The largest absolute Gasteiger partial charge is 0.353 e. The Bertz CT molecular complexity index is 470. The van der Waals surface area contributed by atoms with Crippen LogP contribution in [0.1, 0.15) is 55.8 Å². The minimum Gasteiger partial charge on any atom is -0.353 e. The van der Waals surface area contributed by atoms with Crippen LogP contribution in [0.2, 0.25) is 0 Å². The zero-order chi connectivity index (χ0) is 13.2. The van der Waals surface area contributed by atoms with Crippen LogP contribution in [0.15, 0.2) is 18.3 Å². The molecule has 0 bridgehead atoms. The summed E-state index contributed by atoms with van der Waals surface area (Å²) < 4.78 is 0. The highest BCUT2D eigenvalue weighted by atomic mass is 16.1. The van der Waals surface area contributed by atoms with E-state index < -0.39 is 0 Å². The summed E-state index contributed by atoms with van der Waals surface area (Å²) in [5.74, 6) is 1.97. The molecule has 1 aliphatic heterocycles. The third kappa shape index (κ3) is 2.51. The summed E-state index contributed by atoms with van der Waals surface area (Å²) in [7, 11) is 0. The first-order valence-corrected chi connectivity index (χ1v) is 7.49. The molecule has 2 atom stereocenters. The van der Waals surface area contributed by atoms with Crippen LogP contribution in [0.3, 0.4) is 0 Å². The first kappa shape index (κ1) is 12.6. The van der Waals surface area contributed by atoms with Crippen molar-refractivity contribution < 1.29 is 4.79 Å². The fourth-order valence-electron chi connectivity index (χ4n) is 3.70. The molecule has 102 valence electrons. The van der Waals surface area contributed by atoms with E-state index in [9.17, 15) is 4.79 Å². The summed E-state index contributed by atoms with van der Waals surface area (Å²) in [6.45, 7) is 2.72. The highest BCUT2D eigenvalue weighted by Gasteiger charge is 2.33. The van der Waals surface area contributed by atoms with Gasteiger partial charge in [0, 0.05) is 24.3 Å².